The molecule has 1 aromatic heterocycles. The molecule has 1 heterocycles. The van der Waals surface area contributed by atoms with Gasteiger partial charge in [0.1, 0.15) is 0 Å². The molecule has 29 heavy (non-hydrogen) atoms. The van der Waals surface area contributed by atoms with E-state index in [4.69, 9.17) is 0 Å². The van der Waals surface area contributed by atoms with Gasteiger partial charge in [-0.15, -0.1) is 11.3 Å². The fraction of sp³-hybridized carbons (Fsp3) is 0.0455. The highest BCUT2D eigenvalue weighted by Crippen LogP contribution is 2.31. The number of nitrogens with zero attached hydrogens (tertiary/aromatic N) is 1. The molecule has 4 rings (SSSR count). The second kappa shape index (κ2) is 7.69. The van der Waals surface area contributed by atoms with E-state index in [0.717, 1.165) is 15.8 Å². The Balaban J connectivity index is 1.62. The Morgan fingerprint density at radius 3 is 2.24 bits per heavy atom. The Bertz CT molecular complexity index is 1270. The van der Waals surface area contributed by atoms with Gasteiger partial charge >= 0.3 is 0 Å². The van der Waals surface area contributed by atoms with Crippen LogP contribution in [0, 0.1) is 0 Å². The lowest BCUT2D eigenvalue weighted by atomic mass is 10.2. The van der Waals surface area contributed by atoms with Crippen molar-refractivity contribution in [3.05, 3.63) is 89.8 Å². The van der Waals surface area contributed by atoms with Crippen LogP contribution in [0.5, 0.6) is 0 Å². The number of para-hydroxylation sites is 1. The van der Waals surface area contributed by atoms with Crippen molar-refractivity contribution in [2.45, 2.75) is 4.90 Å². The number of amides is 1. The van der Waals surface area contributed by atoms with Crippen molar-refractivity contribution in [1.82, 2.24) is 0 Å². The fourth-order valence-corrected chi connectivity index (χ4v) is 5.09. The first kappa shape index (κ1) is 19.2. The molecule has 0 spiro atoms. The second-order valence-electron chi connectivity index (χ2n) is 6.44. The number of benzene rings is 3. The van der Waals surface area contributed by atoms with Gasteiger partial charge in [0, 0.05) is 17.4 Å². The third-order valence-electron chi connectivity index (χ3n) is 4.52. The molecule has 1 N–H and O–H groups in total. The van der Waals surface area contributed by atoms with Gasteiger partial charge in [-0.3, -0.25) is 9.10 Å². The van der Waals surface area contributed by atoms with E-state index >= 15 is 0 Å². The molecule has 0 aliphatic carbocycles. The van der Waals surface area contributed by atoms with E-state index in [0.29, 0.717) is 10.6 Å². The molecule has 7 heteroatoms. The van der Waals surface area contributed by atoms with Crippen LogP contribution in [0.15, 0.2) is 89.8 Å². The number of carbonyl (C=O) groups is 1. The number of hydrogen-bond acceptors (Lipinski definition) is 4. The van der Waals surface area contributed by atoms with E-state index in [-0.39, 0.29) is 10.8 Å². The lowest BCUT2D eigenvalue weighted by Crippen LogP contribution is -2.26. The predicted octanol–water partition coefficient (Wildman–Crippen LogP) is 4.98. The number of fused-ring (bicyclic) bond motifs is 1. The van der Waals surface area contributed by atoms with E-state index in [9.17, 15) is 13.2 Å². The van der Waals surface area contributed by atoms with Crippen LogP contribution in [0.4, 0.5) is 11.4 Å². The SMILES string of the molecule is CN(c1ccc2sc(C(=O)Nc3ccccc3)cc2c1)S(=O)(=O)c1ccccc1. The molecule has 5 nitrogen and oxygen atoms in total. The zero-order chi connectivity index (χ0) is 20.4. The third-order valence-corrected chi connectivity index (χ3v) is 7.44. The van der Waals surface area contributed by atoms with Crippen molar-refractivity contribution in [2.75, 3.05) is 16.7 Å². The van der Waals surface area contributed by atoms with Gasteiger partial charge < -0.3 is 5.32 Å². The van der Waals surface area contributed by atoms with Gasteiger partial charge in [-0.1, -0.05) is 36.4 Å². The Morgan fingerprint density at radius 2 is 1.55 bits per heavy atom. The molecule has 0 saturated heterocycles. The molecule has 0 atom stereocenters. The van der Waals surface area contributed by atoms with Crippen LogP contribution >= 0.6 is 11.3 Å². The minimum atomic E-state index is -3.65. The van der Waals surface area contributed by atoms with Crippen molar-refractivity contribution >= 4 is 48.7 Å². The molecular weight excluding hydrogens is 404 g/mol. The number of carbonyl (C=O) groups excluding carboxylic acids is 1. The number of sulfonamides is 1. The minimum absolute atomic E-state index is 0.191. The number of nitrogens with one attached hydrogen (secondary N) is 1. The number of thiophene rings is 1. The zero-order valence-electron chi connectivity index (χ0n) is 15.6. The summed E-state index contributed by atoms with van der Waals surface area (Å²) in [5.74, 6) is -0.191. The van der Waals surface area contributed by atoms with Crippen LogP contribution in [0.1, 0.15) is 9.67 Å². The van der Waals surface area contributed by atoms with Crippen LogP contribution in [0.25, 0.3) is 10.1 Å². The van der Waals surface area contributed by atoms with Gasteiger partial charge in [0.2, 0.25) is 0 Å². The monoisotopic (exact) mass is 422 g/mol. The largest absolute Gasteiger partial charge is 0.321 e. The summed E-state index contributed by atoms with van der Waals surface area (Å²) in [6.07, 6.45) is 0. The molecular formula is C22H18N2O3S2. The van der Waals surface area contributed by atoms with Crippen molar-refractivity contribution in [3.63, 3.8) is 0 Å². The quantitative estimate of drug-likeness (QED) is 0.493. The smallest absolute Gasteiger partial charge is 0.265 e. The van der Waals surface area contributed by atoms with Crippen LogP contribution in [-0.4, -0.2) is 21.4 Å². The lowest BCUT2D eigenvalue weighted by molar-refractivity contribution is 0.103. The minimum Gasteiger partial charge on any atom is -0.321 e. The van der Waals surface area contributed by atoms with Gasteiger partial charge in [-0.05, 0) is 53.9 Å². The third kappa shape index (κ3) is 3.87. The maximum absolute atomic E-state index is 12.8. The Hall–Kier alpha value is -3.16. The second-order valence-corrected chi connectivity index (χ2v) is 9.49. The van der Waals surface area contributed by atoms with E-state index in [1.54, 1.807) is 48.5 Å². The average Bonchev–Trinajstić information content (AvgIpc) is 3.18. The van der Waals surface area contributed by atoms with Gasteiger partial charge in [-0.2, -0.15) is 0 Å². The van der Waals surface area contributed by atoms with Gasteiger partial charge in [-0.25, -0.2) is 8.42 Å². The van der Waals surface area contributed by atoms with Gasteiger partial charge in [0.25, 0.3) is 15.9 Å². The van der Waals surface area contributed by atoms with Crippen molar-refractivity contribution in [3.8, 4) is 0 Å². The summed E-state index contributed by atoms with van der Waals surface area (Å²) in [7, 11) is -2.13. The molecule has 0 saturated carbocycles. The Labute approximate surface area is 173 Å². The topological polar surface area (TPSA) is 66.5 Å². The summed E-state index contributed by atoms with van der Waals surface area (Å²) in [6, 6.07) is 24.7. The van der Waals surface area contributed by atoms with Crippen LogP contribution in [-0.2, 0) is 10.0 Å². The summed E-state index contributed by atoms with van der Waals surface area (Å²) in [5.41, 5.74) is 1.26. The Kier molecular flexibility index (Phi) is 5.08. The number of rotatable bonds is 5. The maximum atomic E-state index is 12.8. The zero-order valence-corrected chi connectivity index (χ0v) is 17.2. The fourth-order valence-electron chi connectivity index (χ4n) is 2.94. The van der Waals surface area contributed by atoms with Crippen LogP contribution in [0.3, 0.4) is 0 Å². The highest BCUT2D eigenvalue weighted by atomic mass is 32.2. The number of anilines is 2. The highest BCUT2D eigenvalue weighted by molar-refractivity contribution is 7.92. The summed E-state index contributed by atoms with van der Waals surface area (Å²) in [5, 5.41) is 3.69. The molecule has 0 aliphatic rings. The molecule has 3 aromatic carbocycles. The van der Waals surface area contributed by atoms with E-state index in [2.05, 4.69) is 5.32 Å². The molecule has 146 valence electrons. The van der Waals surface area contributed by atoms with Gasteiger partial charge in [0.05, 0.1) is 15.5 Å². The molecule has 0 radical (unpaired) electrons. The summed E-state index contributed by atoms with van der Waals surface area (Å²) in [6.45, 7) is 0. The summed E-state index contributed by atoms with van der Waals surface area (Å²) >= 11 is 1.37. The number of hydrogen-bond donors (Lipinski definition) is 1. The maximum Gasteiger partial charge on any atom is 0.265 e. The van der Waals surface area contributed by atoms with E-state index < -0.39 is 10.0 Å². The summed E-state index contributed by atoms with van der Waals surface area (Å²) in [4.78, 5) is 13.3. The molecule has 0 aliphatic heterocycles. The first-order valence-corrected chi connectivity index (χ1v) is 11.1. The normalized spacial score (nSPS) is 11.3. The first-order valence-electron chi connectivity index (χ1n) is 8.89. The van der Waals surface area contributed by atoms with E-state index in [1.807, 2.05) is 36.4 Å². The standard InChI is InChI=1S/C22H18N2O3S2/c1-24(29(26,27)19-10-6-3-7-11-19)18-12-13-20-16(14-18)15-21(28-20)22(25)23-17-8-4-2-5-9-17/h2-15H,1H3,(H,23,25). The van der Waals surface area contributed by atoms with Crippen LogP contribution in [0.2, 0.25) is 0 Å². The van der Waals surface area contributed by atoms with Crippen molar-refractivity contribution < 1.29 is 13.2 Å². The van der Waals surface area contributed by atoms with Crippen molar-refractivity contribution in [2.24, 2.45) is 0 Å². The average molecular weight is 423 g/mol. The lowest BCUT2D eigenvalue weighted by Gasteiger charge is -2.19. The predicted molar refractivity (Wildman–Crippen MR) is 118 cm³/mol. The molecule has 0 unspecified atom stereocenters. The molecule has 0 fully saturated rings. The molecule has 1 amide bonds. The Morgan fingerprint density at radius 1 is 0.897 bits per heavy atom. The van der Waals surface area contributed by atoms with Gasteiger partial charge in [0.15, 0.2) is 0 Å². The summed E-state index contributed by atoms with van der Waals surface area (Å²) < 4.78 is 27.9. The first-order chi connectivity index (χ1) is 13.9. The van der Waals surface area contributed by atoms with Crippen LogP contribution < -0.4 is 9.62 Å². The molecule has 4 aromatic rings. The van der Waals surface area contributed by atoms with Crippen molar-refractivity contribution in [1.29, 1.82) is 0 Å². The van der Waals surface area contributed by atoms with E-state index in [1.165, 1.54) is 22.7 Å². The highest BCUT2D eigenvalue weighted by Gasteiger charge is 2.21. The molecule has 0 bridgehead atoms.